The molecule has 5 rings (SSSR count). The molecular weight excluding hydrogens is 721 g/mol. The third-order valence-electron chi connectivity index (χ3n) is 8.27. The summed E-state index contributed by atoms with van der Waals surface area (Å²) in [4.78, 5) is 30.4. The molecular formula is C36H36BrCl2N3O4S. The molecule has 0 bridgehead atoms. The number of sulfonamides is 1. The number of carbonyl (C=O) groups excluding carboxylic acids is 2. The molecule has 4 aromatic rings. The van der Waals surface area contributed by atoms with E-state index in [0.29, 0.717) is 25.8 Å². The third kappa shape index (κ3) is 9.16. The molecule has 4 aromatic carbocycles. The van der Waals surface area contributed by atoms with E-state index in [1.807, 2.05) is 30.3 Å². The van der Waals surface area contributed by atoms with Gasteiger partial charge in [-0.1, -0.05) is 119 Å². The smallest absolute Gasteiger partial charge is 0.264 e. The number of hydrogen-bond donors (Lipinski definition) is 1. The average Bonchev–Trinajstić information content (AvgIpc) is 3.08. The Morgan fingerprint density at radius 3 is 2.15 bits per heavy atom. The first-order valence-electron chi connectivity index (χ1n) is 15.5. The van der Waals surface area contributed by atoms with Crippen LogP contribution in [0.15, 0.2) is 112 Å². The Kier molecular flexibility index (Phi) is 12.0. The molecule has 0 spiro atoms. The van der Waals surface area contributed by atoms with Crippen LogP contribution in [0.3, 0.4) is 0 Å². The van der Waals surface area contributed by atoms with Gasteiger partial charge in [-0.3, -0.25) is 13.9 Å². The van der Waals surface area contributed by atoms with E-state index in [0.717, 1.165) is 42.0 Å². The van der Waals surface area contributed by atoms with Gasteiger partial charge in [0.05, 0.1) is 20.6 Å². The maximum atomic E-state index is 14.6. The monoisotopic (exact) mass is 755 g/mol. The molecule has 0 aliphatic heterocycles. The van der Waals surface area contributed by atoms with Crippen LogP contribution in [0.4, 0.5) is 5.69 Å². The number of nitrogens with zero attached hydrogens (tertiary/aromatic N) is 2. The molecule has 1 saturated carbocycles. The van der Waals surface area contributed by atoms with Gasteiger partial charge in [-0.25, -0.2) is 8.42 Å². The quantitative estimate of drug-likeness (QED) is 0.159. The van der Waals surface area contributed by atoms with Crippen molar-refractivity contribution in [3.63, 3.8) is 0 Å². The number of nitrogens with one attached hydrogen (secondary N) is 1. The number of benzene rings is 4. The first-order valence-corrected chi connectivity index (χ1v) is 18.5. The minimum absolute atomic E-state index is 0.00299. The summed E-state index contributed by atoms with van der Waals surface area (Å²) in [6.07, 6.45) is 5.16. The van der Waals surface area contributed by atoms with Gasteiger partial charge in [0.1, 0.15) is 12.6 Å². The topological polar surface area (TPSA) is 86.8 Å². The van der Waals surface area contributed by atoms with Gasteiger partial charge < -0.3 is 10.2 Å². The van der Waals surface area contributed by atoms with Crippen LogP contribution in [0.1, 0.15) is 43.2 Å². The number of rotatable bonds is 12. The average molecular weight is 758 g/mol. The minimum Gasteiger partial charge on any atom is -0.352 e. The molecule has 0 aromatic heterocycles. The zero-order valence-corrected chi connectivity index (χ0v) is 29.6. The highest BCUT2D eigenvalue weighted by molar-refractivity contribution is 9.10. The summed E-state index contributed by atoms with van der Waals surface area (Å²) in [5, 5.41) is 3.88. The molecule has 246 valence electrons. The number of carbonyl (C=O) groups is 2. The van der Waals surface area contributed by atoms with Gasteiger partial charge >= 0.3 is 0 Å². The first kappa shape index (κ1) is 35.0. The Bertz CT molecular complexity index is 1790. The highest BCUT2D eigenvalue weighted by Gasteiger charge is 2.35. The summed E-state index contributed by atoms with van der Waals surface area (Å²) in [7, 11) is -4.19. The summed E-state index contributed by atoms with van der Waals surface area (Å²) >= 11 is 16.0. The van der Waals surface area contributed by atoms with Crippen molar-refractivity contribution in [2.45, 2.75) is 62.0 Å². The van der Waals surface area contributed by atoms with Gasteiger partial charge in [0.25, 0.3) is 10.0 Å². The van der Waals surface area contributed by atoms with Crippen LogP contribution in [-0.2, 0) is 32.6 Å². The van der Waals surface area contributed by atoms with Gasteiger partial charge in [-0.15, -0.1) is 0 Å². The molecule has 1 atom stereocenters. The lowest BCUT2D eigenvalue weighted by Crippen LogP contribution is -2.55. The van der Waals surface area contributed by atoms with Crippen molar-refractivity contribution in [1.29, 1.82) is 0 Å². The van der Waals surface area contributed by atoms with Gasteiger partial charge in [-0.05, 0) is 66.4 Å². The van der Waals surface area contributed by atoms with Crippen LogP contribution in [0.5, 0.6) is 0 Å². The molecule has 0 heterocycles. The van der Waals surface area contributed by atoms with E-state index in [4.69, 9.17) is 23.2 Å². The Morgan fingerprint density at radius 2 is 1.49 bits per heavy atom. The molecule has 7 nitrogen and oxygen atoms in total. The van der Waals surface area contributed by atoms with E-state index in [2.05, 4.69) is 21.2 Å². The van der Waals surface area contributed by atoms with Crippen molar-refractivity contribution >= 4 is 66.7 Å². The van der Waals surface area contributed by atoms with E-state index in [9.17, 15) is 18.0 Å². The summed E-state index contributed by atoms with van der Waals surface area (Å²) in [6, 6.07) is 28.4. The van der Waals surface area contributed by atoms with Crippen molar-refractivity contribution in [3.8, 4) is 0 Å². The Morgan fingerprint density at radius 1 is 0.809 bits per heavy atom. The summed E-state index contributed by atoms with van der Waals surface area (Å²) < 4.78 is 30.0. The number of amides is 2. The molecule has 2 amide bonds. The fourth-order valence-corrected chi connectivity index (χ4v) is 7.95. The van der Waals surface area contributed by atoms with E-state index in [1.165, 1.54) is 17.0 Å². The fourth-order valence-electron chi connectivity index (χ4n) is 5.81. The third-order valence-corrected chi connectivity index (χ3v) is 11.3. The van der Waals surface area contributed by atoms with Crippen molar-refractivity contribution < 1.29 is 18.0 Å². The largest absolute Gasteiger partial charge is 0.352 e. The maximum absolute atomic E-state index is 14.6. The van der Waals surface area contributed by atoms with Crippen LogP contribution in [-0.4, -0.2) is 43.8 Å². The highest BCUT2D eigenvalue weighted by atomic mass is 79.9. The molecule has 0 unspecified atom stereocenters. The minimum atomic E-state index is -4.19. The first-order chi connectivity index (χ1) is 22.6. The van der Waals surface area contributed by atoms with Crippen molar-refractivity contribution in [3.05, 3.63) is 129 Å². The predicted molar refractivity (Wildman–Crippen MR) is 191 cm³/mol. The molecule has 1 fully saturated rings. The van der Waals surface area contributed by atoms with Gasteiger partial charge in [0.15, 0.2) is 0 Å². The number of hydrogen-bond acceptors (Lipinski definition) is 4. The number of halogens is 3. The standard InChI is InChI=1S/C36H36BrCl2N3O4S/c37-28-13-10-16-30(23-28)42(47(45,46)31-17-8-3-9-18-31)25-35(43)41(24-27-19-20-32(38)33(39)21-27)34(22-26-11-4-1-5-12-26)36(44)40-29-14-6-2-7-15-29/h1,3-5,8-13,16-21,23,29,34H,2,6-7,14-15,22,24-25H2,(H,40,44)/t34-/m0/s1. The van der Waals surface area contributed by atoms with Crippen molar-refractivity contribution in [2.75, 3.05) is 10.8 Å². The second kappa shape index (κ2) is 16.2. The lowest BCUT2D eigenvalue weighted by atomic mass is 9.94. The fraction of sp³-hybridized carbons (Fsp3) is 0.278. The van der Waals surface area contributed by atoms with E-state index in [1.54, 1.807) is 60.7 Å². The maximum Gasteiger partial charge on any atom is 0.264 e. The van der Waals surface area contributed by atoms with Crippen LogP contribution in [0.25, 0.3) is 0 Å². The Labute approximate surface area is 295 Å². The summed E-state index contributed by atoms with van der Waals surface area (Å²) in [6.45, 7) is -0.542. The normalized spacial score (nSPS) is 14.3. The Balaban J connectivity index is 1.57. The molecule has 1 N–H and O–H groups in total. The van der Waals surface area contributed by atoms with Gasteiger partial charge in [0, 0.05) is 23.5 Å². The predicted octanol–water partition coefficient (Wildman–Crippen LogP) is 8.04. The van der Waals surface area contributed by atoms with E-state index >= 15 is 0 Å². The molecule has 1 aliphatic carbocycles. The van der Waals surface area contributed by atoms with Gasteiger partial charge in [-0.2, -0.15) is 0 Å². The summed E-state index contributed by atoms with van der Waals surface area (Å²) in [5.74, 6) is -0.829. The van der Waals surface area contributed by atoms with Crippen LogP contribution >= 0.6 is 39.1 Å². The number of anilines is 1. The van der Waals surface area contributed by atoms with Crippen LogP contribution in [0, 0.1) is 0 Å². The lowest BCUT2D eigenvalue weighted by Gasteiger charge is -2.35. The highest BCUT2D eigenvalue weighted by Crippen LogP contribution is 2.29. The SMILES string of the molecule is O=C(NC1CCCCC1)[C@H](Cc1ccccc1)N(Cc1ccc(Cl)c(Cl)c1)C(=O)CN(c1cccc(Br)c1)S(=O)(=O)c1ccccc1. The molecule has 47 heavy (non-hydrogen) atoms. The zero-order valence-electron chi connectivity index (χ0n) is 25.7. The zero-order chi connectivity index (χ0) is 33.4. The molecule has 0 radical (unpaired) electrons. The summed E-state index contributed by atoms with van der Waals surface area (Å²) in [5.41, 5.74) is 1.82. The van der Waals surface area contributed by atoms with Crippen molar-refractivity contribution in [1.82, 2.24) is 10.2 Å². The lowest BCUT2D eigenvalue weighted by molar-refractivity contribution is -0.140. The second-order valence-electron chi connectivity index (χ2n) is 11.6. The molecule has 11 heteroatoms. The molecule has 1 aliphatic rings. The van der Waals surface area contributed by atoms with Crippen LogP contribution < -0.4 is 9.62 Å². The van der Waals surface area contributed by atoms with Crippen LogP contribution in [0.2, 0.25) is 10.0 Å². The van der Waals surface area contributed by atoms with Crippen molar-refractivity contribution in [2.24, 2.45) is 0 Å². The Hall–Kier alpha value is -3.37. The second-order valence-corrected chi connectivity index (χ2v) is 15.2. The van der Waals surface area contributed by atoms with Gasteiger partial charge in [0.2, 0.25) is 11.8 Å². The van der Waals surface area contributed by atoms with E-state index < -0.39 is 28.5 Å². The molecule has 0 saturated heterocycles. The van der Waals surface area contributed by atoms with E-state index in [-0.39, 0.29) is 29.8 Å².